The van der Waals surface area contributed by atoms with Crippen molar-refractivity contribution in [1.29, 1.82) is 0 Å². The summed E-state index contributed by atoms with van der Waals surface area (Å²) in [5, 5.41) is 10.4. The van der Waals surface area contributed by atoms with Crippen molar-refractivity contribution in [1.82, 2.24) is 4.98 Å². The number of carbonyl (C=O) groups is 1. The average molecular weight is 286 g/mol. The first-order chi connectivity index (χ1) is 10.1. The Bertz CT molecular complexity index is 686. The van der Waals surface area contributed by atoms with Gasteiger partial charge in [0.15, 0.2) is 0 Å². The van der Waals surface area contributed by atoms with E-state index in [-0.39, 0.29) is 19.3 Å². The number of fused-ring (bicyclic) bond motifs is 1. The molecular formula is C16H18N2O3. The fourth-order valence-corrected chi connectivity index (χ4v) is 2.54. The number of ether oxygens (including phenoxy) is 1. The van der Waals surface area contributed by atoms with E-state index in [9.17, 15) is 9.90 Å². The molecule has 0 bridgehead atoms. The second-order valence-corrected chi connectivity index (χ2v) is 5.54. The van der Waals surface area contributed by atoms with Crippen molar-refractivity contribution in [3.05, 3.63) is 48.2 Å². The average Bonchev–Trinajstić information content (AvgIpc) is 2.81. The van der Waals surface area contributed by atoms with Crippen molar-refractivity contribution in [2.75, 3.05) is 13.2 Å². The van der Waals surface area contributed by atoms with Gasteiger partial charge < -0.3 is 20.6 Å². The first kappa shape index (κ1) is 13.9. The summed E-state index contributed by atoms with van der Waals surface area (Å²) in [7, 11) is 0. The minimum absolute atomic E-state index is 0.221. The molecule has 2 aromatic rings. The number of H-pyrrole nitrogens is 1. The minimum Gasteiger partial charge on any atom is -0.480 e. The van der Waals surface area contributed by atoms with Crippen LogP contribution in [0.3, 0.4) is 0 Å². The minimum atomic E-state index is -0.891. The first-order valence-electron chi connectivity index (χ1n) is 6.92. The Morgan fingerprint density at radius 3 is 2.90 bits per heavy atom. The van der Waals surface area contributed by atoms with Crippen LogP contribution in [-0.4, -0.2) is 35.3 Å². The number of para-hydroxylation sites is 1. The standard InChI is InChI=1S/C16H18N2O3/c17-12(5-6-16(15(19)20)9-21-10-16)7-11-8-18-14-4-2-1-3-13(11)14/h1-6,8,12,18H,7,9-10,17H2,(H,19,20)/t12-/m0/s1. The number of aromatic amines is 1. The summed E-state index contributed by atoms with van der Waals surface area (Å²) in [5.74, 6) is -0.857. The highest BCUT2D eigenvalue weighted by Crippen LogP contribution is 2.29. The number of hydrogen-bond donors (Lipinski definition) is 3. The number of aromatic nitrogens is 1. The Labute approximate surface area is 122 Å². The summed E-state index contributed by atoms with van der Waals surface area (Å²) in [6.07, 6.45) is 6.08. The van der Waals surface area contributed by atoms with Crippen LogP contribution in [0.5, 0.6) is 0 Å². The van der Waals surface area contributed by atoms with Gasteiger partial charge in [-0.05, 0) is 18.1 Å². The number of nitrogens with one attached hydrogen (secondary N) is 1. The predicted molar refractivity (Wildman–Crippen MR) is 80.0 cm³/mol. The Morgan fingerprint density at radius 1 is 1.48 bits per heavy atom. The van der Waals surface area contributed by atoms with E-state index in [1.165, 1.54) is 0 Å². The maximum Gasteiger partial charge on any atom is 0.318 e. The zero-order chi connectivity index (χ0) is 14.9. The monoisotopic (exact) mass is 286 g/mol. The quantitative estimate of drug-likeness (QED) is 0.730. The van der Waals surface area contributed by atoms with E-state index >= 15 is 0 Å². The van der Waals surface area contributed by atoms with Crippen LogP contribution in [0.15, 0.2) is 42.6 Å². The fraction of sp³-hybridized carbons (Fsp3) is 0.312. The van der Waals surface area contributed by atoms with Crippen LogP contribution in [-0.2, 0) is 16.0 Å². The molecule has 1 fully saturated rings. The summed E-state index contributed by atoms with van der Waals surface area (Å²) in [4.78, 5) is 14.4. The molecule has 1 atom stereocenters. The lowest BCUT2D eigenvalue weighted by molar-refractivity contribution is -0.169. The molecule has 3 rings (SSSR count). The van der Waals surface area contributed by atoms with Crippen LogP contribution in [0.2, 0.25) is 0 Å². The van der Waals surface area contributed by atoms with Crippen LogP contribution < -0.4 is 5.73 Å². The van der Waals surface area contributed by atoms with Crippen molar-refractivity contribution >= 4 is 16.9 Å². The molecule has 1 aromatic carbocycles. The second kappa shape index (κ2) is 5.35. The lowest BCUT2D eigenvalue weighted by Gasteiger charge is -2.34. The van der Waals surface area contributed by atoms with Gasteiger partial charge >= 0.3 is 5.97 Å². The number of aliphatic carboxylic acids is 1. The molecule has 1 aliphatic heterocycles. The summed E-state index contributed by atoms with van der Waals surface area (Å²) < 4.78 is 5.02. The molecular weight excluding hydrogens is 268 g/mol. The molecule has 4 N–H and O–H groups in total. The molecule has 110 valence electrons. The number of carboxylic acids is 1. The Morgan fingerprint density at radius 2 is 2.24 bits per heavy atom. The van der Waals surface area contributed by atoms with Gasteiger partial charge in [0, 0.05) is 23.1 Å². The highest BCUT2D eigenvalue weighted by Gasteiger charge is 2.43. The van der Waals surface area contributed by atoms with Crippen molar-refractivity contribution in [3.8, 4) is 0 Å². The molecule has 5 heteroatoms. The number of hydrogen-bond acceptors (Lipinski definition) is 3. The molecule has 0 radical (unpaired) electrons. The van der Waals surface area contributed by atoms with E-state index in [2.05, 4.69) is 11.1 Å². The summed E-state index contributed by atoms with van der Waals surface area (Å²) in [5.41, 5.74) is 7.43. The molecule has 1 aromatic heterocycles. The molecule has 21 heavy (non-hydrogen) atoms. The molecule has 2 heterocycles. The normalized spacial score (nSPS) is 18.7. The molecule has 0 unspecified atom stereocenters. The molecule has 1 saturated heterocycles. The highest BCUT2D eigenvalue weighted by molar-refractivity contribution is 5.83. The van der Waals surface area contributed by atoms with Gasteiger partial charge in [-0.25, -0.2) is 0 Å². The summed E-state index contributed by atoms with van der Waals surface area (Å²) in [6, 6.07) is 7.82. The molecule has 1 aliphatic rings. The predicted octanol–water partition coefficient (Wildman–Crippen LogP) is 1.70. The Hall–Kier alpha value is -2.11. The third-order valence-electron chi connectivity index (χ3n) is 3.94. The smallest absolute Gasteiger partial charge is 0.318 e. The van der Waals surface area contributed by atoms with Gasteiger partial charge in [0.1, 0.15) is 5.41 Å². The van der Waals surface area contributed by atoms with Gasteiger partial charge in [-0.2, -0.15) is 0 Å². The van der Waals surface area contributed by atoms with Crippen molar-refractivity contribution in [3.63, 3.8) is 0 Å². The van der Waals surface area contributed by atoms with E-state index in [1.54, 1.807) is 12.2 Å². The van der Waals surface area contributed by atoms with Gasteiger partial charge in [0.25, 0.3) is 0 Å². The fourth-order valence-electron chi connectivity index (χ4n) is 2.54. The van der Waals surface area contributed by atoms with Gasteiger partial charge in [0.2, 0.25) is 0 Å². The van der Waals surface area contributed by atoms with Crippen molar-refractivity contribution < 1.29 is 14.6 Å². The molecule has 0 amide bonds. The van der Waals surface area contributed by atoms with E-state index < -0.39 is 11.4 Å². The third-order valence-corrected chi connectivity index (χ3v) is 3.94. The molecule has 0 spiro atoms. The lowest BCUT2D eigenvalue weighted by Crippen LogP contribution is -2.47. The number of carboxylic acid groups (broad SMARTS) is 1. The van der Waals surface area contributed by atoms with Gasteiger partial charge in [0.05, 0.1) is 13.2 Å². The lowest BCUT2D eigenvalue weighted by atomic mass is 9.85. The summed E-state index contributed by atoms with van der Waals surface area (Å²) in [6.45, 7) is 0.442. The second-order valence-electron chi connectivity index (χ2n) is 5.54. The third kappa shape index (κ3) is 2.57. The van der Waals surface area contributed by atoms with Gasteiger partial charge in [-0.15, -0.1) is 0 Å². The number of rotatable bonds is 5. The van der Waals surface area contributed by atoms with Crippen molar-refractivity contribution in [2.45, 2.75) is 12.5 Å². The van der Waals surface area contributed by atoms with Crippen LogP contribution >= 0.6 is 0 Å². The van der Waals surface area contributed by atoms with Gasteiger partial charge in [-0.1, -0.05) is 30.4 Å². The summed E-state index contributed by atoms with van der Waals surface area (Å²) >= 11 is 0. The van der Waals surface area contributed by atoms with Crippen LogP contribution in [0.1, 0.15) is 5.56 Å². The molecule has 0 aliphatic carbocycles. The van der Waals surface area contributed by atoms with Crippen LogP contribution in [0.25, 0.3) is 10.9 Å². The topological polar surface area (TPSA) is 88.3 Å². The maximum absolute atomic E-state index is 11.2. The van der Waals surface area contributed by atoms with Crippen molar-refractivity contribution in [2.24, 2.45) is 11.1 Å². The van der Waals surface area contributed by atoms with E-state index in [0.29, 0.717) is 6.42 Å². The van der Waals surface area contributed by atoms with Crippen LogP contribution in [0.4, 0.5) is 0 Å². The number of benzene rings is 1. The maximum atomic E-state index is 11.2. The Kier molecular flexibility index (Phi) is 3.53. The van der Waals surface area contributed by atoms with E-state index in [4.69, 9.17) is 10.5 Å². The van der Waals surface area contributed by atoms with Gasteiger partial charge in [-0.3, -0.25) is 4.79 Å². The Balaban J connectivity index is 1.72. The zero-order valence-corrected chi connectivity index (χ0v) is 11.6. The van der Waals surface area contributed by atoms with E-state index in [0.717, 1.165) is 16.5 Å². The molecule has 0 saturated carbocycles. The zero-order valence-electron chi connectivity index (χ0n) is 11.6. The largest absolute Gasteiger partial charge is 0.480 e. The first-order valence-corrected chi connectivity index (χ1v) is 6.92. The van der Waals surface area contributed by atoms with Crippen LogP contribution in [0, 0.1) is 5.41 Å². The van der Waals surface area contributed by atoms with E-state index in [1.807, 2.05) is 24.4 Å². The molecule has 5 nitrogen and oxygen atoms in total. The SMILES string of the molecule is N[C@@H](C=CC1(C(=O)O)COC1)Cc1c[nH]c2ccccc12. The number of nitrogens with two attached hydrogens (primary N) is 1. The highest BCUT2D eigenvalue weighted by atomic mass is 16.5.